The fourth-order valence-corrected chi connectivity index (χ4v) is 8.24. The number of carbonyl (C=O) groups excluding carboxylic acids is 2. The van der Waals surface area contributed by atoms with Crippen molar-refractivity contribution in [3.63, 3.8) is 0 Å². The molecule has 0 aliphatic carbocycles. The first-order valence-corrected chi connectivity index (χ1v) is 27.5. The van der Waals surface area contributed by atoms with Gasteiger partial charge in [0.25, 0.3) is 0 Å². The highest BCUT2D eigenvalue weighted by Gasteiger charge is 2.24. The number of hydrogen-bond donors (Lipinski definition) is 3. The Morgan fingerprint density at radius 2 is 0.906 bits per heavy atom. The summed E-state index contributed by atoms with van der Waals surface area (Å²) in [6.45, 7) is 6.37. The first-order valence-electron chi connectivity index (χ1n) is 27.5. The van der Waals surface area contributed by atoms with Crippen LogP contribution < -0.4 is 5.32 Å². The summed E-state index contributed by atoms with van der Waals surface area (Å²) in [5.74, 6) is -0.512. The van der Waals surface area contributed by atoms with Crippen LogP contribution in [0.4, 0.5) is 0 Å². The monoisotopic (exact) mass is 896 g/mol. The molecule has 0 radical (unpaired) electrons. The van der Waals surface area contributed by atoms with Crippen LogP contribution in [0.3, 0.4) is 0 Å². The van der Waals surface area contributed by atoms with Gasteiger partial charge in [0, 0.05) is 6.42 Å². The van der Waals surface area contributed by atoms with Gasteiger partial charge in [0.15, 0.2) is 0 Å². The third-order valence-electron chi connectivity index (χ3n) is 12.4. The Kier molecular flexibility index (Phi) is 49.6. The molecule has 6 heteroatoms. The summed E-state index contributed by atoms with van der Waals surface area (Å²) in [5.41, 5.74) is 0. The van der Waals surface area contributed by atoms with Crippen LogP contribution in [-0.2, 0) is 14.3 Å². The lowest BCUT2D eigenvalue weighted by Gasteiger charge is -2.24. The fourth-order valence-electron chi connectivity index (χ4n) is 8.24. The second-order valence-corrected chi connectivity index (χ2v) is 18.7. The molecule has 0 aromatic rings. The average molecular weight is 896 g/mol. The van der Waals surface area contributed by atoms with Gasteiger partial charge in [-0.3, -0.25) is 9.59 Å². The van der Waals surface area contributed by atoms with Crippen LogP contribution in [0.1, 0.15) is 271 Å². The minimum absolute atomic E-state index is 0.0511. The number of unbranched alkanes of at least 4 members (excludes halogenated alkanes) is 29. The van der Waals surface area contributed by atoms with Gasteiger partial charge in [0.05, 0.1) is 25.2 Å². The summed E-state index contributed by atoms with van der Waals surface area (Å²) >= 11 is 0. The molecule has 0 heterocycles. The molecule has 0 spiro atoms. The van der Waals surface area contributed by atoms with Gasteiger partial charge in [-0.1, -0.05) is 242 Å². The lowest BCUT2D eigenvalue weighted by molar-refractivity contribution is -0.151. The predicted molar refractivity (Wildman–Crippen MR) is 278 cm³/mol. The van der Waals surface area contributed by atoms with Crippen molar-refractivity contribution in [2.75, 3.05) is 6.61 Å². The molecule has 0 saturated carbocycles. The Bertz CT molecular complexity index is 1140. The summed E-state index contributed by atoms with van der Waals surface area (Å²) in [4.78, 5) is 26.2. The van der Waals surface area contributed by atoms with E-state index in [1.807, 2.05) is 0 Å². The molecule has 0 aliphatic rings. The van der Waals surface area contributed by atoms with Crippen LogP contribution in [-0.4, -0.2) is 46.9 Å². The number of hydrogen-bond acceptors (Lipinski definition) is 5. The average Bonchev–Trinajstić information content (AvgIpc) is 3.29. The lowest BCUT2D eigenvalue weighted by Crippen LogP contribution is -2.46. The van der Waals surface area contributed by atoms with E-state index in [0.29, 0.717) is 19.3 Å². The number of esters is 1. The first kappa shape index (κ1) is 61.6. The minimum Gasteiger partial charge on any atom is -0.462 e. The zero-order valence-electron chi connectivity index (χ0n) is 42.4. The zero-order chi connectivity index (χ0) is 46.7. The molecule has 3 N–H and O–H groups in total. The number of aliphatic hydroxyl groups is 2. The van der Waals surface area contributed by atoms with E-state index in [1.165, 1.54) is 135 Å². The van der Waals surface area contributed by atoms with Crippen molar-refractivity contribution in [1.29, 1.82) is 0 Å². The SMILES string of the molecule is CC/C=C/C/C=C/CCCCCCCCCC(=O)OC(CCCCC/C=C/C=C/C=C/CCCCCCC)CC(=O)NC(CO)C(O)CCCCCCCCCCCCCCCCC. The molecule has 0 fully saturated rings. The number of amides is 1. The van der Waals surface area contributed by atoms with Crippen molar-refractivity contribution in [3.8, 4) is 0 Å². The van der Waals surface area contributed by atoms with Crippen LogP contribution in [0, 0.1) is 0 Å². The Morgan fingerprint density at radius 3 is 1.41 bits per heavy atom. The topological polar surface area (TPSA) is 95.9 Å². The molecule has 0 bridgehead atoms. The molecule has 0 aromatic carbocycles. The molecule has 0 rings (SSSR count). The summed E-state index contributed by atoms with van der Waals surface area (Å²) < 4.78 is 5.93. The highest BCUT2D eigenvalue weighted by atomic mass is 16.5. The summed E-state index contributed by atoms with van der Waals surface area (Å²) in [5, 5.41) is 23.8. The number of allylic oxidation sites excluding steroid dienone is 10. The quantitative estimate of drug-likeness (QED) is 0.0245. The van der Waals surface area contributed by atoms with Gasteiger partial charge in [-0.2, -0.15) is 0 Å². The highest BCUT2D eigenvalue weighted by molar-refractivity contribution is 5.77. The molecular formula is C58H105NO5. The fraction of sp³-hybridized carbons (Fsp3) is 0.793. The Labute approximate surface area is 397 Å². The standard InChI is InChI=1S/C58H105NO5/c1-4-7-10-13-16-19-22-25-28-30-31-34-37-40-43-46-49-54(64-58(63)51-48-45-42-39-36-33-27-24-21-18-15-12-9-6-3)52-57(62)59-55(53-60)56(61)50-47-44-41-38-35-32-29-26-23-20-17-14-11-8-5-2/h9,12,18,21-22,25,28,30-31,34,54-56,60-61H,4-8,10-11,13-17,19-20,23-24,26-27,29,32-33,35-53H2,1-3H3,(H,59,62)/b12-9+,21-18+,25-22+,30-28+,34-31+. The maximum atomic E-state index is 13.2. The number of nitrogens with one attached hydrogen (secondary N) is 1. The molecule has 0 aliphatic heterocycles. The van der Waals surface area contributed by atoms with Crippen LogP contribution in [0.25, 0.3) is 0 Å². The summed E-state index contributed by atoms with van der Waals surface area (Å²) in [6.07, 6.45) is 64.2. The molecule has 1 amide bonds. The normalized spacial score (nSPS) is 13.6. The highest BCUT2D eigenvalue weighted by Crippen LogP contribution is 2.18. The number of aliphatic hydroxyl groups excluding tert-OH is 2. The van der Waals surface area contributed by atoms with E-state index in [0.717, 1.165) is 89.9 Å². The minimum atomic E-state index is -0.800. The van der Waals surface area contributed by atoms with Crippen molar-refractivity contribution >= 4 is 11.9 Å². The van der Waals surface area contributed by atoms with Gasteiger partial charge in [-0.05, 0) is 77.0 Å². The van der Waals surface area contributed by atoms with Crippen molar-refractivity contribution in [3.05, 3.63) is 60.8 Å². The van der Waals surface area contributed by atoms with Gasteiger partial charge in [0.1, 0.15) is 6.10 Å². The van der Waals surface area contributed by atoms with Crippen molar-refractivity contribution in [2.24, 2.45) is 0 Å². The third-order valence-corrected chi connectivity index (χ3v) is 12.4. The molecule has 0 saturated heterocycles. The molecule has 64 heavy (non-hydrogen) atoms. The molecule has 372 valence electrons. The number of carbonyl (C=O) groups is 2. The van der Waals surface area contributed by atoms with E-state index in [4.69, 9.17) is 4.74 Å². The Balaban J connectivity index is 4.64. The van der Waals surface area contributed by atoms with Crippen LogP contribution in [0.5, 0.6) is 0 Å². The first-order chi connectivity index (χ1) is 31.5. The van der Waals surface area contributed by atoms with E-state index >= 15 is 0 Å². The zero-order valence-corrected chi connectivity index (χ0v) is 42.4. The number of rotatable bonds is 49. The van der Waals surface area contributed by atoms with Crippen molar-refractivity contribution in [1.82, 2.24) is 5.32 Å². The predicted octanol–water partition coefficient (Wildman–Crippen LogP) is 16.8. The third kappa shape index (κ3) is 46.1. The smallest absolute Gasteiger partial charge is 0.306 e. The van der Waals surface area contributed by atoms with Gasteiger partial charge in [0.2, 0.25) is 5.91 Å². The summed E-state index contributed by atoms with van der Waals surface area (Å²) in [6, 6.07) is -0.716. The number of ether oxygens (including phenoxy) is 1. The largest absolute Gasteiger partial charge is 0.462 e. The van der Waals surface area contributed by atoms with E-state index in [1.54, 1.807) is 0 Å². The molecule has 6 nitrogen and oxygen atoms in total. The van der Waals surface area contributed by atoms with Crippen LogP contribution >= 0.6 is 0 Å². The van der Waals surface area contributed by atoms with Gasteiger partial charge in [-0.25, -0.2) is 0 Å². The maximum absolute atomic E-state index is 13.2. The van der Waals surface area contributed by atoms with E-state index in [-0.39, 0.29) is 24.9 Å². The van der Waals surface area contributed by atoms with Gasteiger partial charge >= 0.3 is 5.97 Å². The van der Waals surface area contributed by atoms with Gasteiger partial charge < -0.3 is 20.3 Å². The second kappa shape index (κ2) is 51.5. The molecule has 3 unspecified atom stereocenters. The van der Waals surface area contributed by atoms with Crippen LogP contribution in [0.15, 0.2) is 60.8 Å². The summed E-state index contributed by atoms with van der Waals surface area (Å²) in [7, 11) is 0. The van der Waals surface area contributed by atoms with Crippen LogP contribution in [0.2, 0.25) is 0 Å². The molecule has 0 aromatic heterocycles. The maximum Gasteiger partial charge on any atom is 0.306 e. The Hall–Kier alpha value is -2.44. The molecule has 3 atom stereocenters. The Morgan fingerprint density at radius 1 is 0.484 bits per heavy atom. The van der Waals surface area contributed by atoms with Gasteiger partial charge in [-0.15, -0.1) is 0 Å². The second-order valence-electron chi connectivity index (χ2n) is 18.7. The van der Waals surface area contributed by atoms with E-state index in [9.17, 15) is 19.8 Å². The van der Waals surface area contributed by atoms with E-state index in [2.05, 4.69) is 86.8 Å². The van der Waals surface area contributed by atoms with Crippen molar-refractivity contribution < 1.29 is 24.5 Å². The molecular weight excluding hydrogens is 791 g/mol. The van der Waals surface area contributed by atoms with Crippen molar-refractivity contribution in [2.45, 2.75) is 289 Å². The lowest BCUT2D eigenvalue weighted by atomic mass is 10.0. The van der Waals surface area contributed by atoms with E-state index < -0.39 is 18.2 Å².